The van der Waals surface area contributed by atoms with Crippen LogP contribution < -0.4 is 11.1 Å². The van der Waals surface area contributed by atoms with Gasteiger partial charge in [-0.05, 0) is 19.4 Å². The maximum Gasteiger partial charge on any atom is 0.223 e. The lowest BCUT2D eigenvalue weighted by Gasteiger charge is -2.05. The van der Waals surface area contributed by atoms with Crippen molar-refractivity contribution >= 4 is 44.7 Å². The SMILES string of the molecule is CCc1cc2c(NCc3csc(C)n3)nc(N)nc2s1. The van der Waals surface area contributed by atoms with Crippen molar-refractivity contribution in [1.29, 1.82) is 0 Å². The molecule has 0 fully saturated rings. The zero-order valence-electron chi connectivity index (χ0n) is 11.3. The number of nitrogens with two attached hydrogens (primary N) is 1. The first-order valence-electron chi connectivity index (χ1n) is 6.36. The van der Waals surface area contributed by atoms with Crippen molar-refractivity contribution in [2.45, 2.75) is 26.8 Å². The molecule has 0 bridgehead atoms. The van der Waals surface area contributed by atoms with Crippen LogP contribution in [0, 0.1) is 6.92 Å². The topological polar surface area (TPSA) is 76.7 Å². The number of rotatable bonds is 4. The number of anilines is 2. The lowest BCUT2D eigenvalue weighted by Crippen LogP contribution is -2.04. The van der Waals surface area contributed by atoms with E-state index in [-0.39, 0.29) is 0 Å². The molecule has 0 aromatic carbocycles. The summed E-state index contributed by atoms with van der Waals surface area (Å²) in [5.41, 5.74) is 6.80. The zero-order valence-corrected chi connectivity index (χ0v) is 12.9. The molecule has 20 heavy (non-hydrogen) atoms. The van der Waals surface area contributed by atoms with E-state index in [1.165, 1.54) is 4.88 Å². The molecule has 3 rings (SSSR count). The molecule has 0 amide bonds. The van der Waals surface area contributed by atoms with Crippen LogP contribution in [-0.4, -0.2) is 15.0 Å². The second-order valence-electron chi connectivity index (χ2n) is 4.43. The minimum absolute atomic E-state index is 0.305. The fourth-order valence-corrected chi connectivity index (χ4v) is 3.55. The van der Waals surface area contributed by atoms with Crippen molar-refractivity contribution in [1.82, 2.24) is 15.0 Å². The van der Waals surface area contributed by atoms with E-state index in [1.807, 2.05) is 6.92 Å². The zero-order chi connectivity index (χ0) is 14.1. The van der Waals surface area contributed by atoms with Gasteiger partial charge in [-0.3, -0.25) is 0 Å². The maximum absolute atomic E-state index is 5.78. The van der Waals surface area contributed by atoms with E-state index in [0.717, 1.165) is 33.2 Å². The van der Waals surface area contributed by atoms with Crippen LogP contribution in [0.4, 0.5) is 11.8 Å². The third kappa shape index (κ3) is 2.59. The van der Waals surface area contributed by atoms with Gasteiger partial charge in [-0.25, -0.2) is 9.97 Å². The summed E-state index contributed by atoms with van der Waals surface area (Å²) in [5, 5.41) is 7.47. The molecule has 3 aromatic rings. The van der Waals surface area contributed by atoms with Gasteiger partial charge in [0.25, 0.3) is 0 Å². The monoisotopic (exact) mass is 305 g/mol. The number of hydrogen-bond donors (Lipinski definition) is 2. The largest absolute Gasteiger partial charge is 0.368 e. The number of aryl methyl sites for hydroxylation is 2. The van der Waals surface area contributed by atoms with Crippen molar-refractivity contribution in [3.63, 3.8) is 0 Å². The summed E-state index contributed by atoms with van der Waals surface area (Å²) in [6.45, 7) is 4.78. The van der Waals surface area contributed by atoms with Crippen molar-refractivity contribution < 1.29 is 0 Å². The van der Waals surface area contributed by atoms with E-state index in [1.54, 1.807) is 22.7 Å². The Bertz CT molecular complexity index is 746. The Morgan fingerprint density at radius 3 is 2.85 bits per heavy atom. The minimum Gasteiger partial charge on any atom is -0.368 e. The molecule has 0 saturated heterocycles. The van der Waals surface area contributed by atoms with E-state index in [9.17, 15) is 0 Å². The first kappa shape index (κ1) is 13.3. The summed E-state index contributed by atoms with van der Waals surface area (Å²) in [7, 11) is 0. The van der Waals surface area contributed by atoms with Gasteiger partial charge in [0.15, 0.2) is 0 Å². The van der Waals surface area contributed by atoms with Gasteiger partial charge in [0, 0.05) is 10.3 Å². The number of nitrogens with one attached hydrogen (secondary N) is 1. The molecule has 0 saturated carbocycles. The Hall–Kier alpha value is -1.73. The molecule has 0 aliphatic rings. The number of hydrogen-bond acceptors (Lipinski definition) is 7. The second-order valence-corrected chi connectivity index (χ2v) is 6.60. The average molecular weight is 305 g/mol. The summed E-state index contributed by atoms with van der Waals surface area (Å²) in [6.07, 6.45) is 0.992. The van der Waals surface area contributed by atoms with Crippen LogP contribution in [0.15, 0.2) is 11.4 Å². The molecule has 0 unspecified atom stereocenters. The van der Waals surface area contributed by atoms with Gasteiger partial charge in [-0.15, -0.1) is 22.7 Å². The van der Waals surface area contributed by atoms with Crippen LogP contribution >= 0.6 is 22.7 Å². The van der Waals surface area contributed by atoms with Crippen LogP contribution in [0.1, 0.15) is 22.5 Å². The molecule has 3 aromatic heterocycles. The molecule has 0 radical (unpaired) electrons. The van der Waals surface area contributed by atoms with Crippen LogP contribution in [-0.2, 0) is 13.0 Å². The first-order valence-corrected chi connectivity index (χ1v) is 8.06. The van der Waals surface area contributed by atoms with Crippen molar-refractivity contribution in [3.8, 4) is 0 Å². The van der Waals surface area contributed by atoms with Gasteiger partial charge in [-0.2, -0.15) is 4.98 Å². The predicted molar refractivity (Wildman–Crippen MR) is 85.4 cm³/mol. The molecule has 3 heterocycles. The summed E-state index contributed by atoms with van der Waals surface area (Å²) < 4.78 is 0. The Kier molecular flexibility index (Phi) is 3.54. The first-order chi connectivity index (χ1) is 9.65. The summed E-state index contributed by atoms with van der Waals surface area (Å²) in [5.74, 6) is 1.09. The molecular formula is C13H15N5S2. The van der Waals surface area contributed by atoms with E-state index >= 15 is 0 Å². The molecule has 0 spiro atoms. The molecular weight excluding hydrogens is 290 g/mol. The molecule has 0 aliphatic carbocycles. The quantitative estimate of drug-likeness (QED) is 0.774. The lowest BCUT2D eigenvalue weighted by molar-refractivity contribution is 1.04. The summed E-state index contributed by atoms with van der Waals surface area (Å²) in [6, 6.07) is 2.13. The fraction of sp³-hybridized carbons (Fsp3) is 0.308. The highest BCUT2D eigenvalue weighted by molar-refractivity contribution is 7.18. The van der Waals surface area contributed by atoms with Gasteiger partial charge in [0.2, 0.25) is 5.95 Å². The number of thiazole rings is 1. The Morgan fingerprint density at radius 2 is 2.15 bits per heavy atom. The standard InChI is InChI=1S/C13H15N5S2/c1-3-9-4-10-11(17-13(14)18-12(10)20-9)15-5-8-6-19-7(2)16-8/h4,6H,3,5H2,1-2H3,(H3,14,15,17,18). The number of thiophene rings is 1. The Balaban J connectivity index is 1.91. The summed E-state index contributed by atoms with van der Waals surface area (Å²) in [4.78, 5) is 15.3. The van der Waals surface area contributed by atoms with Gasteiger partial charge in [0.1, 0.15) is 10.6 Å². The molecule has 0 aliphatic heterocycles. The van der Waals surface area contributed by atoms with Crippen molar-refractivity contribution in [2.75, 3.05) is 11.1 Å². The van der Waals surface area contributed by atoms with E-state index in [4.69, 9.17) is 5.73 Å². The highest BCUT2D eigenvalue weighted by atomic mass is 32.1. The third-order valence-electron chi connectivity index (χ3n) is 2.91. The highest BCUT2D eigenvalue weighted by Gasteiger charge is 2.10. The molecule has 3 N–H and O–H groups in total. The summed E-state index contributed by atoms with van der Waals surface area (Å²) >= 11 is 3.31. The Labute approximate surface area is 124 Å². The van der Waals surface area contributed by atoms with E-state index < -0.39 is 0 Å². The second kappa shape index (κ2) is 5.34. The van der Waals surface area contributed by atoms with Gasteiger partial charge < -0.3 is 11.1 Å². The molecule has 5 nitrogen and oxygen atoms in total. The number of fused-ring (bicyclic) bond motifs is 1. The van der Waals surface area contributed by atoms with Crippen molar-refractivity contribution in [3.05, 3.63) is 27.0 Å². The number of nitrogen functional groups attached to an aromatic ring is 1. The third-order valence-corrected chi connectivity index (χ3v) is 4.91. The predicted octanol–water partition coefficient (Wildman–Crippen LogP) is 3.21. The lowest BCUT2D eigenvalue weighted by atomic mass is 10.3. The van der Waals surface area contributed by atoms with Crippen LogP contribution in [0.5, 0.6) is 0 Å². The van der Waals surface area contributed by atoms with Crippen LogP contribution in [0.3, 0.4) is 0 Å². The van der Waals surface area contributed by atoms with Crippen LogP contribution in [0.25, 0.3) is 10.2 Å². The van der Waals surface area contributed by atoms with Gasteiger partial charge in [0.05, 0.1) is 22.6 Å². The van der Waals surface area contributed by atoms with E-state index in [2.05, 4.69) is 38.6 Å². The van der Waals surface area contributed by atoms with Crippen LogP contribution in [0.2, 0.25) is 0 Å². The smallest absolute Gasteiger partial charge is 0.223 e. The fourth-order valence-electron chi connectivity index (χ4n) is 1.96. The van der Waals surface area contributed by atoms with E-state index in [0.29, 0.717) is 12.5 Å². The highest BCUT2D eigenvalue weighted by Crippen LogP contribution is 2.30. The minimum atomic E-state index is 0.305. The average Bonchev–Trinajstić information content (AvgIpc) is 3.01. The maximum atomic E-state index is 5.78. The van der Waals surface area contributed by atoms with Crippen molar-refractivity contribution in [2.24, 2.45) is 0 Å². The molecule has 0 atom stereocenters. The number of aromatic nitrogens is 3. The Morgan fingerprint density at radius 1 is 1.30 bits per heavy atom. The number of nitrogens with zero attached hydrogens (tertiary/aromatic N) is 3. The molecule has 7 heteroatoms. The van der Waals surface area contributed by atoms with Gasteiger partial charge >= 0.3 is 0 Å². The normalized spacial score (nSPS) is 11.1. The van der Waals surface area contributed by atoms with Gasteiger partial charge in [-0.1, -0.05) is 6.92 Å². The molecule has 104 valence electrons.